The number of nitrogens with zero attached hydrogens (tertiary/aromatic N) is 1. The fraction of sp³-hybridized carbons (Fsp3) is 0.909. The highest BCUT2D eigenvalue weighted by Crippen LogP contribution is 2.21. The summed E-state index contributed by atoms with van der Waals surface area (Å²) >= 11 is 0. The Morgan fingerprint density at radius 2 is 1.85 bits per heavy atom. The van der Waals surface area contributed by atoms with E-state index < -0.39 is 0 Å². The predicted molar refractivity (Wildman–Crippen MR) is 54.7 cm³/mol. The van der Waals surface area contributed by atoms with E-state index in [1.54, 1.807) is 0 Å². The number of hydrogen-bond donors (Lipinski definition) is 0. The van der Waals surface area contributed by atoms with Crippen molar-refractivity contribution in [1.82, 2.24) is 4.90 Å². The molecule has 2 heteroatoms. The van der Waals surface area contributed by atoms with Gasteiger partial charge in [0.05, 0.1) is 0 Å². The minimum absolute atomic E-state index is 0.338. The van der Waals surface area contributed by atoms with Gasteiger partial charge in [-0.25, -0.2) is 0 Å². The number of likely N-dealkylation sites (tertiary alicyclic amines) is 1. The first-order valence-electron chi connectivity index (χ1n) is 5.27. The van der Waals surface area contributed by atoms with Crippen LogP contribution in [0.15, 0.2) is 0 Å². The fourth-order valence-corrected chi connectivity index (χ4v) is 1.71. The minimum atomic E-state index is 0.338. The van der Waals surface area contributed by atoms with Gasteiger partial charge in [-0.2, -0.15) is 0 Å². The topological polar surface area (TPSA) is 20.3 Å². The molecule has 0 aliphatic carbocycles. The van der Waals surface area contributed by atoms with Crippen LogP contribution in [0.3, 0.4) is 0 Å². The third-order valence-electron chi connectivity index (χ3n) is 2.70. The van der Waals surface area contributed by atoms with E-state index in [0.29, 0.717) is 23.7 Å². The number of ketones is 1. The molecule has 0 radical (unpaired) electrons. The van der Waals surface area contributed by atoms with Gasteiger partial charge in [-0.05, 0) is 19.8 Å². The smallest absolute Gasteiger partial charge is 0.138 e. The number of carbonyl (C=O) groups excluding carboxylic acids is 1. The van der Waals surface area contributed by atoms with Crippen molar-refractivity contribution in [3.63, 3.8) is 0 Å². The molecule has 0 bridgehead atoms. The highest BCUT2D eigenvalue weighted by molar-refractivity contribution is 5.82. The van der Waals surface area contributed by atoms with Crippen molar-refractivity contribution in [2.75, 3.05) is 13.1 Å². The van der Waals surface area contributed by atoms with Crippen LogP contribution in [0, 0.1) is 11.8 Å². The van der Waals surface area contributed by atoms with Crippen molar-refractivity contribution < 1.29 is 4.79 Å². The highest BCUT2D eigenvalue weighted by atomic mass is 16.1. The molecule has 0 spiro atoms. The van der Waals surface area contributed by atoms with Gasteiger partial charge in [0.25, 0.3) is 0 Å². The second kappa shape index (κ2) is 4.23. The van der Waals surface area contributed by atoms with E-state index in [-0.39, 0.29) is 0 Å². The molecule has 0 amide bonds. The fourth-order valence-electron chi connectivity index (χ4n) is 1.71. The maximum Gasteiger partial charge on any atom is 0.138 e. The molecule has 0 aromatic rings. The Morgan fingerprint density at radius 3 is 2.23 bits per heavy atom. The van der Waals surface area contributed by atoms with Crippen molar-refractivity contribution in [2.45, 2.75) is 40.2 Å². The summed E-state index contributed by atoms with van der Waals surface area (Å²) < 4.78 is 0. The Balaban J connectivity index is 2.23. The van der Waals surface area contributed by atoms with Crippen LogP contribution in [-0.2, 0) is 4.79 Å². The van der Waals surface area contributed by atoms with Crippen molar-refractivity contribution >= 4 is 5.78 Å². The molecule has 1 aliphatic rings. The Bertz CT molecular complexity index is 181. The average Bonchev–Trinajstić information content (AvgIpc) is 1.79. The van der Waals surface area contributed by atoms with Gasteiger partial charge in [-0.1, -0.05) is 13.8 Å². The summed E-state index contributed by atoms with van der Waals surface area (Å²) in [6.07, 6.45) is 0.761. The van der Waals surface area contributed by atoms with E-state index in [4.69, 9.17) is 0 Å². The molecule has 0 aromatic carbocycles. The third-order valence-corrected chi connectivity index (χ3v) is 2.70. The van der Waals surface area contributed by atoms with Crippen LogP contribution in [-0.4, -0.2) is 29.8 Å². The Kier molecular flexibility index (Phi) is 3.48. The van der Waals surface area contributed by atoms with Gasteiger partial charge in [0.2, 0.25) is 0 Å². The van der Waals surface area contributed by atoms with Crippen molar-refractivity contribution in [3.05, 3.63) is 0 Å². The van der Waals surface area contributed by atoms with E-state index in [1.807, 2.05) is 0 Å². The summed E-state index contributed by atoms with van der Waals surface area (Å²) in [7, 11) is 0. The summed E-state index contributed by atoms with van der Waals surface area (Å²) in [5, 5.41) is 0. The lowest BCUT2D eigenvalue weighted by Gasteiger charge is -2.41. The zero-order valence-corrected chi connectivity index (χ0v) is 9.21. The standard InChI is InChI=1S/C11H21NO/c1-8(2)5-11(13)10-6-12(7-10)9(3)4/h8-10H,5-7H2,1-4H3. The van der Waals surface area contributed by atoms with E-state index in [0.717, 1.165) is 19.5 Å². The summed E-state index contributed by atoms with van der Waals surface area (Å²) in [6, 6.07) is 0.600. The van der Waals surface area contributed by atoms with E-state index >= 15 is 0 Å². The van der Waals surface area contributed by atoms with Gasteiger partial charge in [0, 0.05) is 31.5 Å². The van der Waals surface area contributed by atoms with Crippen molar-refractivity contribution in [2.24, 2.45) is 11.8 Å². The summed E-state index contributed by atoms with van der Waals surface area (Å²) in [4.78, 5) is 13.9. The third kappa shape index (κ3) is 2.80. The minimum Gasteiger partial charge on any atom is -0.299 e. The molecule has 1 rings (SSSR count). The molecule has 1 aliphatic heterocycles. The molecule has 0 aromatic heterocycles. The van der Waals surface area contributed by atoms with Crippen molar-refractivity contribution in [1.29, 1.82) is 0 Å². The Morgan fingerprint density at radius 1 is 1.31 bits per heavy atom. The second-order valence-electron chi connectivity index (χ2n) is 4.81. The van der Waals surface area contributed by atoms with Crippen molar-refractivity contribution in [3.8, 4) is 0 Å². The second-order valence-corrected chi connectivity index (χ2v) is 4.81. The van der Waals surface area contributed by atoms with Crippen LogP contribution in [0.25, 0.3) is 0 Å². The molecule has 0 unspecified atom stereocenters. The van der Waals surface area contributed by atoms with Crippen LogP contribution in [0.4, 0.5) is 0 Å². The first-order chi connectivity index (χ1) is 6.00. The molecular formula is C11H21NO. The first-order valence-corrected chi connectivity index (χ1v) is 5.27. The van der Waals surface area contributed by atoms with Gasteiger partial charge in [0.1, 0.15) is 5.78 Å². The number of rotatable bonds is 4. The lowest BCUT2D eigenvalue weighted by molar-refractivity contribution is -0.129. The van der Waals surface area contributed by atoms with Gasteiger partial charge in [-0.3, -0.25) is 9.69 Å². The number of Topliss-reactive ketones (excluding diaryl/α,β-unsaturated/α-hetero) is 1. The molecule has 0 N–H and O–H groups in total. The lowest BCUT2D eigenvalue weighted by atomic mass is 9.89. The number of carbonyl (C=O) groups is 1. The van der Waals surface area contributed by atoms with Gasteiger partial charge in [-0.15, -0.1) is 0 Å². The van der Waals surface area contributed by atoms with Crippen LogP contribution in [0.1, 0.15) is 34.1 Å². The Labute approximate surface area is 81.3 Å². The number of hydrogen-bond acceptors (Lipinski definition) is 2. The first kappa shape index (κ1) is 10.7. The molecule has 1 saturated heterocycles. The zero-order chi connectivity index (χ0) is 10.0. The van der Waals surface area contributed by atoms with Gasteiger partial charge < -0.3 is 0 Å². The van der Waals surface area contributed by atoms with Gasteiger partial charge >= 0.3 is 0 Å². The SMILES string of the molecule is CC(C)CC(=O)C1CN(C(C)C)C1. The normalized spacial score (nSPS) is 19.5. The van der Waals surface area contributed by atoms with E-state index in [2.05, 4.69) is 32.6 Å². The Hall–Kier alpha value is -0.370. The maximum absolute atomic E-state index is 11.6. The van der Waals surface area contributed by atoms with Gasteiger partial charge in [0.15, 0.2) is 0 Å². The zero-order valence-electron chi connectivity index (χ0n) is 9.21. The molecule has 0 atom stereocenters. The summed E-state index contributed by atoms with van der Waals surface area (Å²) in [5.41, 5.74) is 0. The monoisotopic (exact) mass is 183 g/mol. The molecule has 76 valence electrons. The van der Waals surface area contributed by atoms with Crippen LogP contribution in [0.5, 0.6) is 0 Å². The molecule has 1 fully saturated rings. The summed E-state index contributed by atoms with van der Waals surface area (Å²) in [6.45, 7) is 10.6. The average molecular weight is 183 g/mol. The molecule has 13 heavy (non-hydrogen) atoms. The van der Waals surface area contributed by atoms with Crippen LogP contribution in [0.2, 0.25) is 0 Å². The van der Waals surface area contributed by atoms with Crippen LogP contribution >= 0.6 is 0 Å². The molecule has 2 nitrogen and oxygen atoms in total. The lowest BCUT2D eigenvalue weighted by Crippen LogP contribution is -2.53. The summed E-state index contributed by atoms with van der Waals surface area (Å²) in [5.74, 6) is 1.32. The quantitative estimate of drug-likeness (QED) is 0.664. The van der Waals surface area contributed by atoms with E-state index in [1.165, 1.54) is 0 Å². The van der Waals surface area contributed by atoms with Crippen LogP contribution < -0.4 is 0 Å². The molecule has 1 heterocycles. The largest absolute Gasteiger partial charge is 0.299 e. The molecular weight excluding hydrogens is 162 g/mol. The highest BCUT2D eigenvalue weighted by Gasteiger charge is 2.33. The molecule has 0 saturated carbocycles. The maximum atomic E-state index is 11.6. The van der Waals surface area contributed by atoms with E-state index in [9.17, 15) is 4.79 Å². The predicted octanol–water partition coefficient (Wildman–Crippen LogP) is 1.94.